The molecule has 2 rings (SSSR count). The summed E-state index contributed by atoms with van der Waals surface area (Å²) in [5, 5.41) is 5.39. The molecule has 1 aromatic carbocycles. The molecule has 0 aliphatic carbocycles. The van der Waals surface area contributed by atoms with Crippen LogP contribution in [0.25, 0.3) is 0 Å². The lowest BCUT2D eigenvalue weighted by molar-refractivity contribution is 0.251. The van der Waals surface area contributed by atoms with Crippen molar-refractivity contribution in [2.45, 2.75) is 6.54 Å². The van der Waals surface area contributed by atoms with E-state index in [-0.39, 0.29) is 6.03 Å². The zero-order chi connectivity index (χ0) is 12.8. The molecule has 0 saturated heterocycles. The first-order valence-corrected chi connectivity index (χ1v) is 5.45. The van der Waals surface area contributed by atoms with Crippen molar-refractivity contribution in [1.29, 1.82) is 0 Å². The van der Waals surface area contributed by atoms with Crippen LogP contribution in [0, 0.1) is 0 Å². The summed E-state index contributed by atoms with van der Waals surface area (Å²) in [4.78, 5) is 18.5. The zero-order valence-corrected chi connectivity index (χ0v) is 9.93. The number of benzene rings is 1. The number of imidazole rings is 1. The molecular weight excluding hydrogens is 232 g/mol. The number of amides is 2. The van der Waals surface area contributed by atoms with Crippen LogP contribution in [-0.4, -0.2) is 23.1 Å². The van der Waals surface area contributed by atoms with Gasteiger partial charge in [0.2, 0.25) is 0 Å². The summed E-state index contributed by atoms with van der Waals surface area (Å²) in [6, 6.07) is 6.86. The summed E-state index contributed by atoms with van der Waals surface area (Å²) in [5.41, 5.74) is 0.672. The average Bonchev–Trinajstić information content (AvgIpc) is 2.90. The van der Waals surface area contributed by atoms with Gasteiger partial charge in [0, 0.05) is 24.1 Å². The van der Waals surface area contributed by atoms with Gasteiger partial charge in [0.25, 0.3) is 0 Å². The molecule has 2 amide bonds. The van der Waals surface area contributed by atoms with E-state index in [2.05, 4.69) is 20.6 Å². The minimum absolute atomic E-state index is 0.292. The molecule has 1 heterocycles. The number of methoxy groups -OCH3 is 1. The minimum Gasteiger partial charge on any atom is -0.497 e. The van der Waals surface area contributed by atoms with Crippen LogP contribution < -0.4 is 15.4 Å². The molecule has 0 radical (unpaired) electrons. The van der Waals surface area contributed by atoms with E-state index in [0.717, 1.165) is 0 Å². The molecule has 0 saturated carbocycles. The van der Waals surface area contributed by atoms with E-state index >= 15 is 0 Å². The lowest BCUT2D eigenvalue weighted by atomic mass is 10.3. The Labute approximate surface area is 104 Å². The van der Waals surface area contributed by atoms with Gasteiger partial charge in [-0.3, -0.25) is 0 Å². The van der Waals surface area contributed by atoms with Gasteiger partial charge < -0.3 is 20.4 Å². The van der Waals surface area contributed by atoms with E-state index < -0.39 is 0 Å². The van der Waals surface area contributed by atoms with Crippen LogP contribution in [0.2, 0.25) is 0 Å². The largest absolute Gasteiger partial charge is 0.497 e. The number of nitrogens with zero attached hydrogens (tertiary/aromatic N) is 1. The van der Waals surface area contributed by atoms with Crippen molar-refractivity contribution < 1.29 is 9.53 Å². The van der Waals surface area contributed by atoms with Gasteiger partial charge >= 0.3 is 6.03 Å². The fourth-order valence-corrected chi connectivity index (χ4v) is 1.43. The number of aromatic amines is 1. The number of anilines is 1. The second-order valence-electron chi connectivity index (χ2n) is 3.58. The van der Waals surface area contributed by atoms with Gasteiger partial charge in [-0.15, -0.1) is 0 Å². The molecule has 0 atom stereocenters. The number of H-pyrrole nitrogens is 1. The summed E-state index contributed by atoms with van der Waals surface area (Å²) in [7, 11) is 1.58. The number of carbonyl (C=O) groups is 1. The lowest BCUT2D eigenvalue weighted by Gasteiger charge is -2.07. The number of aromatic nitrogens is 2. The molecule has 6 nitrogen and oxygen atoms in total. The van der Waals surface area contributed by atoms with Gasteiger partial charge in [0.1, 0.15) is 11.6 Å². The Hall–Kier alpha value is -2.50. The highest BCUT2D eigenvalue weighted by Crippen LogP contribution is 2.16. The number of hydrogen-bond acceptors (Lipinski definition) is 3. The topological polar surface area (TPSA) is 79.0 Å². The normalized spacial score (nSPS) is 9.83. The Morgan fingerprint density at radius 2 is 2.39 bits per heavy atom. The molecule has 0 bridgehead atoms. The SMILES string of the molecule is COc1cccc(NC(=O)NCc2ncc[nH]2)c1. The van der Waals surface area contributed by atoms with Crippen molar-refractivity contribution in [3.05, 3.63) is 42.5 Å². The molecule has 3 N–H and O–H groups in total. The second kappa shape index (κ2) is 5.72. The number of urea groups is 1. The summed E-state index contributed by atoms with van der Waals surface area (Å²) in [6.45, 7) is 0.350. The first kappa shape index (κ1) is 12.0. The van der Waals surface area contributed by atoms with Crippen LogP contribution >= 0.6 is 0 Å². The fourth-order valence-electron chi connectivity index (χ4n) is 1.43. The Bertz CT molecular complexity index is 511. The lowest BCUT2D eigenvalue weighted by Crippen LogP contribution is -2.28. The van der Waals surface area contributed by atoms with Gasteiger partial charge in [-0.1, -0.05) is 6.07 Å². The minimum atomic E-state index is -0.292. The second-order valence-corrected chi connectivity index (χ2v) is 3.58. The summed E-state index contributed by atoms with van der Waals surface area (Å²) in [5.74, 6) is 1.40. The number of nitrogens with one attached hydrogen (secondary N) is 3. The molecule has 0 aliphatic heterocycles. The standard InChI is InChI=1S/C12H14N4O2/c1-18-10-4-2-3-9(7-10)16-12(17)15-8-11-13-5-6-14-11/h2-7H,8H2,1H3,(H,13,14)(H2,15,16,17). The van der Waals surface area contributed by atoms with Crippen molar-refractivity contribution in [2.24, 2.45) is 0 Å². The smallest absolute Gasteiger partial charge is 0.319 e. The van der Waals surface area contributed by atoms with Crippen LogP contribution in [0.15, 0.2) is 36.7 Å². The number of ether oxygens (including phenoxy) is 1. The summed E-state index contributed by atoms with van der Waals surface area (Å²) in [6.07, 6.45) is 3.34. The molecule has 0 fully saturated rings. The van der Waals surface area contributed by atoms with Crippen LogP contribution in [0.4, 0.5) is 10.5 Å². The maximum Gasteiger partial charge on any atom is 0.319 e. The van der Waals surface area contributed by atoms with Gasteiger partial charge in [-0.25, -0.2) is 9.78 Å². The highest BCUT2D eigenvalue weighted by atomic mass is 16.5. The Morgan fingerprint density at radius 3 is 3.11 bits per heavy atom. The van der Waals surface area contributed by atoms with Crippen molar-refractivity contribution in [3.8, 4) is 5.75 Å². The molecule has 18 heavy (non-hydrogen) atoms. The van der Waals surface area contributed by atoms with Crippen molar-refractivity contribution >= 4 is 11.7 Å². The van der Waals surface area contributed by atoms with Crippen LogP contribution in [-0.2, 0) is 6.54 Å². The predicted molar refractivity (Wildman–Crippen MR) is 67.4 cm³/mol. The molecule has 2 aromatic rings. The highest BCUT2D eigenvalue weighted by molar-refractivity contribution is 5.89. The summed E-state index contributed by atoms with van der Waals surface area (Å²) < 4.78 is 5.07. The van der Waals surface area contributed by atoms with E-state index in [4.69, 9.17) is 4.74 Å². The quantitative estimate of drug-likeness (QED) is 0.768. The third-order valence-electron chi connectivity index (χ3n) is 2.30. The first-order valence-electron chi connectivity index (χ1n) is 5.45. The van der Waals surface area contributed by atoms with E-state index in [0.29, 0.717) is 23.8 Å². The maximum atomic E-state index is 11.6. The first-order chi connectivity index (χ1) is 8.78. The van der Waals surface area contributed by atoms with E-state index in [1.807, 2.05) is 6.07 Å². The molecule has 94 valence electrons. The van der Waals surface area contributed by atoms with Crippen LogP contribution in [0.5, 0.6) is 5.75 Å². The Morgan fingerprint density at radius 1 is 1.50 bits per heavy atom. The van der Waals surface area contributed by atoms with Crippen LogP contribution in [0.1, 0.15) is 5.82 Å². The van der Waals surface area contributed by atoms with Crippen LogP contribution in [0.3, 0.4) is 0 Å². The summed E-state index contributed by atoms with van der Waals surface area (Å²) >= 11 is 0. The van der Waals surface area contributed by atoms with Gasteiger partial charge in [0.05, 0.1) is 13.7 Å². The van der Waals surface area contributed by atoms with E-state index in [1.165, 1.54) is 0 Å². The average molecular weight is 246 g/mol. The van der Waals surface area contributed by atoms with Crippen molar-refractivity contribution in [3.63, 3.8) is 0 Å². The molecule has 1 aromatic heterocycles. The molecule has 0 aliphatic rings. The predicted octanol–water partition coefficient (Wildman–Crippen LogP) is 1.74. The van der Waals surface area contributed by atoms with Gasteiger partial charge in [-0.05, 0) is 12.1 Å². The van der Waals surface area contributed by atoms with Gasteiger partial charge in [0.15, 0.2) is 0 Å². The van der Waals surface area contributed by atoms with Crippen molar-refractivity contribution in [1.82, 2.24) is 15.3 Å². The molecule has 0 unspecified atom stereocenters. The third kappa shape index (κ3) is 3.24. The maximum absolute atomic E-state index is 11.6. The monoisotopic (exact) mass is 246 g/mol. The zero-order valence-electron chi connectivity index (χ0n) is 9.93. The highest BCUT2D eigenvalue weighted by Gasteiger charge is 2.03. The van der Waals surface area contributed by atoms with Gasteiger partial charge in [-0.2, -0.15) is 0 Å². The Balaban J connectivity index is 1.86. The number of hydrogen-bond donors (Lipinski definition) is 3. The molecule has 6 heteroatoms. The number of rotatable bonds is 4. The third-order valence-corrected chi connectivity index (χ3v) is 2.30. The van der Waals surface area contributed by atoms with Crippen molar-refractivity contribution in [2.75, 3.05) is 12.4 Å². The Kier molecular flexibility index (Phi) is 3.80. The number of carbonyl (C=O) groups excluding carboxylic acids is 1. The van der Waals surface area contributed by atoms with E-state index in [1.54, 1.807) is 37.7 Å². The van der Waals surface area contributed by atoms with E-state index in [9.17, 15) is 4.79 Å². The molecular formula is C12H14N4O2. The fraction of sp³-hybridized carbons (Fsp3) is 0.167. The molecule has 0 spiro atoms.